The van der Waals surface area contributed by atoms with Crippen LogP contribution in [0.4, 0.5) is 13.2 Å². The molecule has 2 aromatic heterocycles. The second-order valence-electron chi connectivity index (χ2n) is 8.01. The molecule has 2 saturated heterocycles. The van der Waals surface area contributed by atoms with Gasteiger partial charge in [0.05, 0.1) is 29.5 Å². The number of aliphatic hydroxyl groups is 1. The second-order valence-corrected chi connectivity index (χ2v) is 8.44. The number of alkyl halides is 3. The standard InChI is InChI=1S/C21H17ClF3N7O4/c22-11-6-12(18(27-7-11)21(23,24)25)32-19(28-9-29-32)17-15(33)14(30-31-26)16-13(35-17)8-34-20(36-16)10-4-2-1-3-5-10/h1-7,9,13-17,20,33H,8H2/t13?,14?,15?,16-,17+,20?/m0/s1. The predicted molar refractivity (Wildman–Crippen MR) is 116 cm³/mol. The van der Waals surface area contributed by atoms with Gasteiger partial charge in [0.2, 0.25) is 0 Å². The largest absolute Gasteiger partial charge is 0.435 e. The first-order chi connectivity index (χ1) is 17.3. The van der Waals surface area contributed by atoms with Crippen molar-refractivity contribution in [2.45, 2.75) is 42.9 Å². The Labute approximate surface area is 206 Å². The van der Waals surface area contributed by atoms with E-state index in [1.54, 1.807) is 24.3 Å². The third kappa shape index (κ3) is 4.50. The highest BCUT2D eigenvalue weighted by atomic mass is 35.5. The molecule has 0 bridgehead atoms. The SMILES string of the molecule is [N-]=[N+]=NC1C(O)[C@H](c2ncnn2-c2cc(Cl)cnc2C(F)(F)F)OC2COC(c3ccccc3)O[C@@H]21. The number of pyridine rings is 1. The number of rotatable bonds is 4. The number of azide groups is 1. The predicted octanol–water partition coefficient (Wildman–Crippen LogP) is 3.93. The van der Waals surface area contributed by atoms with Crippen LogP contribution in [0.5, 0.6) is 0 Å². The summed E-state index contributed by atoms with van der Waals surface area (Å²) in [5, 5.41) is 18.7. The molecule has 5 rings (SSSR count). The third-order valence-electron chi connectivity index (χ3n) is 5.79. The number of halogens is 4. The van der Waals surface area contributed by atoms with E-state index in [1.807, 2.05) is 6.07 Å². The summed E-state index contributed by atoms with van der Waals surface area (Å²) in [5.74, 6) is -0.182. The average Bonchev–Trinajstić information content (AvgIpc) is 3.35. The maximum atomic E-state index is 13.6. The van der Waals surface area contributed by atoms with Gasteiger partial charge in [0.1, 0.15) is 24.6 Å². The molecular formula is C21H17ClF3N7O4. The fourth-order valence-electron chi connectivity index (χ4n) is 4.24. The minimum absolute atomic E-state index is 0.00838. The van der Waals surface area contributed by atoms with Crippen LogP contribution in [0.3, 0.4) is 0 Å². The van der Waals surface area contributed by atoms with Gasteiger partial charge in [-0.1, -0.05) is 47.0 Å². The number of hydrogen-bond donors (Lipinski definition) is 1. The van der Waals surface area contributed by atoms with E-state index in [1.165, 1.54) is 0 Å². The number of ether oxygens (including phenoxy) is 3. The van der Waals surface area contributed by atoms with Crippen molar-refractivity contribution >= 4 is 11.6 Å². The Bertz CT molecular complexity index is 1290. The lowest BCUT2D eigenvalue weighted by molar-refractivity contribution is -0.309. The molecule has 0 amide bonds. The lowest BCUT2D eigenvalue weighted by Gasteiger charge is -2.46. The van der Waals surface area contributed by atoms with E-state index in [9.17, 15) is 18.3 Å². The third-order valence-corrected chi connectivity index (χ3v) is 6.00. The number of nitrogens with zero attached hydrogens (tertiary/aromatic N) is 7. The first kappa shape index (κ1) is 24.4. The Morgan fingerprint density at radius 1 is 1.19 bits per heavy atom. The van der Waals surface area contributed by atoms with Crippen LogP contribution >= 0.6 is 11.6 Å². The molecular weight excluding hydrogens is 507 g/mol. The van der Waals surface area contributed by atoms with Gasteiger partial charge in [0.25, 0.3) is 0 Å². The number of benzene rings is 1. The van der Waals surface area contributed by atoms with Crippen LogP contribution in [-0.4, -0.2) is 55.8 Å². The molecule has 0 radical (unpaired) electrons. The van der Waals surface area contributed by atoms with E-state index in [4.69, 9.17) is 31.3 Å². The summed E-state index contributed by atoms with van der Waals surface area (Å²) < 4.78 is 59.5. The minimum atomic E-state index is -4.83. The molecule has 2 aliphatic rings. The number of fused-ring (bicyclic) bond motifs is 1. The van der Waals surface area contributed by atoms with Crippen molar-refractivity contribution in [1.29, 1.82) is 0 Å². The fraction of sp³-hybridized carbons (Fsp3) is 0.381. The van der Waals surface area contributed by atoms with Gasteiger partial charge in [0.15, 0.2) is 17.8 Å². The smallest absolute Gasteiger partial charge is 0.389 e. The molecule has 36 heavy (non-hydrogen) atoms. The van der Waals surface area contributed by atoms with Gasteiger partial charge >= 0.3 is 6.18 Å². The van der Waals surface area contributed by atoms with Crippen molar-refractivity contribution in [1.82, 2.24) is 19.7 Å². The molecule has 0 spiro atoms. The van der Waals surface area contributed by atoms with E-state index in [-0.39, 0.29) is 17.5 Å². The van der Waals surface area contributed by atoms with Gasteiger partial charge in [-0.2, -0.15) is 18.3 Å². The topological polar surface area (TPSA) is 140 Å². The summed E-state index contributed by atoms with van der Waals surface area (Å²) in [5.41, 5.74) is 8.09. The minimum Gasteiger partial charge on any atom is -0.389 e. The molecule has 15 heteroatoms. The molecule has 11 nitrogen and oxygen atoms in total. The Hall–Kier alpha value is -3.26. The average molecular weight is 524 g/mol. The quantitative estimate of drug-likeness (QED) is 0.310. The van der Waals surface area contributed by atoms with Crippen molar-refractivity contribution in [3.05, 3.63) is 81.5 Å². The van der Waals surface area contributed by atoms with E-state index in [0.717, 1.165) is 23.3 Å². The molecule has 3 aromatic rings. The summed E-state index contributed by atoms with van der Waals surface area (Å²) in [6, 6.07) is 8.86. The molecule has 6 atom stereocenters. The van der Waals surface area contributed by atoms with Crippen LogP contribution in [0, 0.1) is 0 Å². The molecule has 188 valence electrons. The first-order valence-electron chi connectivity index (χ1n) is 10.6. The molecule has 0 saturated carbocycles. The van der Waals surface area contributed by atoms with Crippen LogP contribution in [0.15, 0.2) is 54.0 Å². The van der Waals surface area contributed by atoms with Crippen molar-refractivity contribution < 1.29 is 32.5 Å². The summed E-state index contributed by atoms with van der Waals surface area (Å²) in [4.78, 5) is 10.3. The van der Waals surface area contributed by atoms with E-state index >= 15 is 0 Å². The molecule has 0 aliphatic carbocycles. The van der Waals surface area contributed by atoms with Crippen LogP contribution in [0.1, 0.15) is 29.5 Å². The number of aliphatic hydroxyl groups excluding tert-OH is 1. The Balaban J connectivity index is 1.50. The lowest BCUT2D eigenvalue weighted by Crippen LogP contribution is -2.58. The Kier molecular flexibility index (Phi) is 6.55. The summed E-state index contributed by atoms with van der Waals surface area (Å²) in [6.07, 6.45) is -8.39. The highest BCUT2D eigenvalue weighted by Gasteiger charge is 2.51. The zero-order valence-corrected chi connectivity index (χ0v) is 18.9. The Morgan fingerprint density at radius 2 is 1.97 bits per heavy atom. The molecule has 4 heterocycles. The second kappa shape index (κ2) is 9.65. The van der Waals surface area contributed by atoms with Gasteiger partial charge in [0, 0.05) is 16.7 Å². The van der Waals surface area contributed by atoms with Crippen molar-refractivity contribution in [2.24, 2.45) is 5.11 Å². The zero-order chi connectivity index (χ0) is 25.4. The van der Waals surface area contributed by atoms with Crippen molar-refractivity contribution in [3.63, 3.8) is 0 Å². The van der Waals surface area contributed by atoms with Gasteiger partial charge in [-0.25, -0.2) is 14.6 Å². The maximum absolute atomic E-state index is 13.6. The van der Waals surface area contributed by atoms with Crippen LogP contribution in [0.25, 0.3) is 16.1 Å². The van der Waals surface area contributed by atoms with Gasteiger partial charge in [-0.3, -0.25) is 0 Å². The molecule has 2 fully saturated rings. The van der Waals surface area contributed by atoms with E-state index in [2.05, 4.69) is 25.1 Å². The number of hydrogen-bond acceptors (Lipinski definition) is 8. The highest BCUT2D eigenvalue weighted by Crippen LogP contribution is 2.41. The Morgan fingerprint density at radius 3 is 2.69 bits per heavy atom. The van der Waals surface area contributed by atoms with Gasteiger partial charge < -0.3 is 19.3 Å². The molecule has 4 unspecified atom stereocenters. The molecule has 1 N–H and O–H groups in total. The van der Waals surface area contributed by atoms with E-state index in [0.29, 0.717) is 5.56 Å². The van der Waals surface area contributed by atoms with Crippen molar-refractivity contribution in [2.75, 3.05) is 6.61 Å². The first-order valence-corrected chi connectivity index (χ1v) is 11.0. The monoisotopic (exact) mass is 523 g/mol. The normalized spacial score (nSPS) is 28.2. The summed E-state index contributed by atoms with van der Waals surface area (Å²) >= 11 is 5.91. The van der Waals surface area contributed by atoms with Crippen LogP contribution < -0.4 is 0 Å². The van der Waals surface area contributed by atoms with Crippen LogP contribution in [-0.2, 0) is 20.4 Å². The summed E-state index contributed by atoms with van der Waals surface area (Å²) in [6.45, 7) is -0.00838. The molecule has 2 aliphatic heterocycles. The highest BCUT2D eigenvalue weighted by molar-refractivity contribution is 6.30. The fourth-order valence-corrected chi connectivity index (χ4v) is 4.39. The summed E-state index contributed by atoms with van der Waals surface area (Å²) in [7, 11) is 0. The van der Waals surface area contributed by atoms with E-state index < -0.39 is 54.3 Å². The maximum Gasteiger partial charge on any atom is 0.435 e. The van der Waals surface area contributed by atoms with Crippen LogP contribution in [0.2, 0.25) is 5.02 Å². The number of aromatic nitrogens is 4. The molecule has 1 aromatic carbocycles. The zero-order valence-electron chi connectivity index (χ0n) is 18.1. The van der Waals surface area contributed by atoms with Gasteiger partial charge in [-0.05, 0) is 11.6 Å². The van der Waals surface area contributed by atoms with Crippen molar-refractivity contribution in [3.8, 4) is 5.69 Å². The van der Waals surface area contributed by atoms with Gasteiger partial charge in [-0.15, -0.1) is 0 Å². The lowest BCUT2D eigenvalue weighted by atomic mass is 9.91.